The van der Waals surface area contributed by atoms with Crippen LogP contribution in [-0.4, -0.2) is 16.2 Å². The lowest BCUT2D eigenvalue weighted by molar-refractivity contribution is -0.384. The highest BCUT2D eigenvalue weighted by Crippen LogP contribution is 2.30. The van der Waals surface area contributed by atoms with E-state index in [2.05, 4.69) is 18.8 Å². The molecule has 0 aliphatic rings. The Hall–Kier alpha value is -2.95. The SMILES string of the molecule is CCC(C)c1ccc(O)c(N=C/C=C/c2ccc([N+](=O)[O-])cc2)c1. The molecule has 0 bridgehead atoms. The number of nitrogens with zero attached hydrogens (tertiary/aromatic N) is 2. The summed E-state index contributed by atoms with van der Waals surface area (Å²) in [6.45, 7) is 4.25. The molecule has 2 aromatic rings. The molecular formula is C19H20N2O3. The van der Waals surface area contributed by atoms with Gasteiger partial charge in [0.2, 0.25) is 0 Å². The Bertz CT molecular complexity index is 765. The van der Waals surface area contributed by atoms with Crippen molar-refractivity contribution in [2.24, 2.45) is 4.99 Å². The summed E-state index contributed by atoms with van der Waals surface area (Å²) in [5.74, 6) is 0.553. The van der Waals surface area contributed by atoms with Crippen molar-refractivity contribution >= 4 is 23.7 Å². The molecule has 1 N–H and O–H groups in total. The Morgan fingerprint density at radius 2 is 1.96 bits per heavy atom. The fourth-order valence-electron chi connectivity index (χ4n) is 2.17. The number of aromatic hydroxyl groups is 1. The van der Waals surface area contributed by atoms with E-state index >= 15 is 0 Å². The highest BCUT2D eigenvalue weighted by molar-refractivity contribution is 5.81. The highest BCUT2D eigenvalue weighted by atomic mass is 16.6. The van der Waals surface area contributed by atoms with Crippen LogP contribution in [0.2, 0.25) is 0 Å². The smallest absolute Gasteiger partial charge is 0.269 e. The van der Waals surface area contributed by atoms with Crippen molar-refractivity contribution in [2.45, 2.75) is 26.2 Å². The minimum atomic E-state index is -0.429. The lowest BCUT2D eigenvalue weighted by Gasteiger charge is -2.10. The van der Waals surface area contributed by atoms with E-state index in [1.165, 1.54) is 12.1 Å². The van der Waals surface area contributed by atoms with Crippen LogP contribution in [0, 0.1) is 10.1 Å². The van der Waals surface area contributed by atoms with E-state index < -0.39 is 4.92 Å². The zero-order chi connectivity index (χ0) is 17.5. The number of nitro groups is 1. The second kappa shape index (κ2) is 8.06. The van der Waals surface area contributed by atoms with Crippen LogP contribution in [0.5, 0.6) is 5.75 Å². The summed E-state index contributed by atoms with van der Waals surface area (Å²) in [5, 5.41) is 20.5. The predicted octanol–water partition coefficient (Wildman–Crippen LogP) is 5.23. The van der Waals surface area contributed by atoms with Gasteiger partial charge in [0.15, 0.2) is 0 Å². The molecule has 0 aliphatic heterocycles. The van der Waals surface area contributed by atoms with Gasteiger partial charge in [0.25, 0.3) is 5.69 Å². The summed E-state index contributed by atoms with van der Waals surface area (Å²) < 4.78 is 0. The molecule has 5 nitrogen and oxygen atoms in total. The van der Waals surface area contributed by atoms with Gasteiger partial charge in [-0.2, -0.15) is 0 Å². The van der Waals surface area contributed by atoms with Crippen molar-refractivity contribution < 1.29 is 10.0 Å². The normalized spacial score (nSPS) is 12.8. The molecule has 1 unspecified atom stereocenters. The van der Waals surface area contributed by atoms with E-state index in [-0.39, 0.29) is 11.4 Å². The van der Waals surface area contributed by atoms with Gasteiger partial charge < -0.3 is 5.11 Å². The van der Waals surface area contributed by atoms with Gasteiger partial charge in [0, 0.05) is 18.3 Å². The third kappa shape index (κ3) is 4.52. The maximum Gasteiger partial charge on any atom is 0.269 e. The molecule has 0 aliphatic carbocycles. The standard InChI is InChI=1S/C19H20N2O3/c1-3-14(2)16-8-11-19(22)18(13-16)20-12-4-5-15-6-9-17(10-7-15)21(23)24/h4-14,22H,3H2,1-2H3/b5-4+,20-12?. The van der Waals surface area contributed by atoms with Crippen molar-refractivity contribution in [3.05, 3.63) is 69.8 Å². The molecule has 2 aromatic carbocycles. The van der Waals surface area contributed by atoms with Gasteiger partial charge in [-0.15, -0.1) is 0 Å². The van der Waals surface area contributed by atoms with Gasteiger partial charge >= 0.3 is 0 Å². The Morgan fingerprint density at radius 3 is 2.58 bits per heavy atom. The molecule has 5 heteroatoms. The number of hydrogen-bond acceptors (Lipinski definition) is 4. The maximum atomic E-state index is 10.6. The predicted molar refractivity (Wildman–Crippen MR) is 97.1 cm³/mol. The van der Waals surface area contributed by atoms with Crippen molar-refractivity contribution in [1.29, 1.82) is 0 Å². The van der Waals surface area contributed by atoms with Crippen molar-refractivity contribution in [3.63, 3.8) is 0 Å². The first kappa shape index (κ1) is 17.4. The molecule has 0 radical (unpaired) electrons. The number of non-ortho nitro benzene ring substituents is 1. The molecule has 1 atom stereocenters. The minimum absolute atomic E-state index is 0.0626. The average Bonchev–Trinajstić information content (AvgIpc) is 2.59. The summed E-state index contributed by atoms with van der Waals surface area (Å²) in [7, 11) is 0. The molecule has 0 amide bonds. The lowest BCUT2D eigenvalue weighted by Crippen LogP contribution is -1.90. The van der Waals surface area contributed by atoms with Gasteiger partial charge in [-0.3, -0.25) is 15.1 Å². The summed E-state index contributed by atoms with van der Waals surface area (Å²) in [5.41, 5.74) is 2.57. The monoisotopic (exact) mass is 324 g/mol. The number of hydrogen-bond donors (Lipinski definition) is 1. The number of phenolic OH excluding ortho intramolecular Hbond substituents is 1. The first-order valence-electron chi connectivity index (χ1n) is 7.79. The van der Waals surface area contributed by atoms with Crippen LogP contribution < -0.4 is 0 Å². The van der Waals surface area contributed by atoms with Crippen LogP contribution in [-0.2, 0) is 0 Å². The van der Waals surface area contributed by atoms with E-state index in [1.807, 2.05) is 12.1 Å². The molecule has 0 saturated heterocycles. The largest absolute Gasteiger partial charge is 0.506 e. The van der Waals surface area contributed by atoms with E-state index in [0.717, 1.165) is 17.5 Å². The van der Waals surface area contributed by atoms with Gasteiger partial charge in [0.05, 0.1) is 4.92 Å². The quantitative estimate of drug-likeness (QED) is 0.449. The summed E-state index contributed by atoms with van der Waals surface area (Å²) in [6, 6.07) is 11.7. The second-order valence-electron chi connectivity index (χ2n) is 5.54. The summed E-state index contributed by atoms with van der Waals surface area (Å²) >= 11 is 0. The molecule has 0 spiro atoms. The van der Waals surface area contributed by atoms with Gasteiger partial charge in [0.1, 0.15) is 11.4 Å². The van der Waals surface area contributed by atoms with Gasteiger partial charge in [-0.25, -0.2) is 0 Å². The fraction of sp³-hybridized carbons (Fsp3) is 0.211. The Labute approximate surface area is 141 Å². The highest BCUT2D eigenvalue weighted by Gasteiger charge is 2.06. The second-order valence-corrected chi connectivity index (χ2v) is 5.54. The maximum absolute atomic E-state index is 10.6. The zero-order valence-electron chi connectivity index (χ0n) is 13.7. The van der Waals surface area contributed by atoms with Crippen LogP contribution in [0.3, 0.4) is 0 Å². The van der Waals surface area contributed by atoms with Crippen LogP contribution in [0.4, 0.5) is 11.4 Å². The van der Waals surface area contributed by atoms with Crippen molar-refractivity contribution in [2.75, 3.05) is 0 Å². The topological polar surface area (TPSA) is 75.7 Å². The van der Waals surface area contributed by atoms with Gasteiger partial charge in [-0.1, -0.05) is 26.0 Å². The first-order chi connectivity index (χ1) is 11.5. The van der Waals surface area contributed by atoms with Crippen LogP contribution in [0.25, 0.3) is 6.08 Å². The Morgan fingerprint density at radius 1 is 1.25 bits per heavy atom. The third-order valence-electron chi connectivity index (χ3n) is 3.87. The van der Waals surface area contributed by atoms with E-state index in [1.54, 1.807) is 36.6 Å². The Balaban J connectivity index is 2.09. The van der Waals surface area contributed by atoms with Crippen molar-refractivity contribution in [1.82, 2.24) is 0 Å². The minimum Gasteiger partial charge on any atom is -0.506 e. The Kier molecular flexibility index (Phi) is 5.84. The number of phenols is 1. The molecule has 0 heterocycles. The van der Waals surface area contributed by atoms with E-state index in [4.69, 9.17) is 0 Å². The number of benzene rings is 2. The van der Waals surface area contributed by atoms with Crippen molar-refractivity contribution in [3.8, 4) is 5.75 Å². The van der Waals surface area contributed by atoms with Crippen LogP contribution >= 0.6 is 0 Å². The molecule has 2 rings (SSSR count). The number of nitro benzene ring substituents is 1. The zero-order valence-corrected chi connectivity index (χ0v) is 13.7. The number of aliphatic imine (C=N–C) groups is 1. The lowest BCUT2D eigenvalue weighted by atomic mass is 9.98. The summed E-state index contributed by atoms with van der Waals surface area (Å²) in [6.07, 6.45) is 6.14. The van der Waals surface area contributed by atoms with Crippen LogP contribution in [0.1, 0.15) is 37.3 Å². The number of rotatable bonds is 6. The summed E-state index contributed by atoms with van der Waals surface area (Å²) in [4.78, 5) is 14.4. The first-order valence-corrected chi connectivity index (χ1v) is 7.79. The molecular weight excluding hydrogens is 304 g/mol. The molecule has 0 aromatic heterocycles. The van der Waals surface area contributed by atoms with E-state index in [0.29, 0.717) is 11.6 Å². The molecule has 0 saturated carbocycles. The molecule has 24 heavy (non-hydrogen) atoms. The third-order valence-corrected chi connectivity index (χ3v) is 3.87. The van der Waals surface area contributed by atoms with E-state index in [9.17, 15) is 15.2 Å². The van der Waals surface area contributed by atoms with Gasteiger partial charge in [-0.05, 0) is 53.8 Å². The average molecular weight is 324 g/mol. The van der Waals surface area contributed by atoms with Crippen LogP contribution in [0.15, 0.2) is 53.5 Å². The number of allylic oxidation sites excluding steroid dienone is 1. The molecule has 124 valence electrons. The molecule has 0 fully saturated rings. The fourth-order valence-corrected chi connectivity index (χ4v) is 2.17.